The normalized spacial score (nSPS) is 10.5. The predicted molar refractivity (Wildman–Crippen MR) is 70.9 cm³/mol. The molecular formula is C14H20O5. The van der Waals surface area contributed by atoms with E-state index in [4.69, 9.17) is 18.9 Å². The molecule has 5 heteroatoms. The maximum atomic E-state index is 10.8. The van der Waals surface area contributed by atoms with Gasteiger partial charge in [-0.15, -0.1) is 0 Å². The van der Waals surface area contributed by atoms with Crippen molar-refractivity contribution in [3.63, 3.8) is 0 Å². The lowest BCUT2D eigenvalue weighted by Gasteiger charge is -2.17. The number of hydrogen-bond acceptors (Lipinski definition) is 5. The zero-order valence-electron chi connectivity index (χ0n) is 11.5. The highest BCUT2D eigenvalue weighted by molar-refractivity contribution is 5.79. The summed E-state index contributed by atoms with van der Waals surface area (Å²) in [5, 5.41) is 0. The number of ether oxygens (including phenoxy) is 4. The Morgan fingerprint density at radius 1 is 1.21 bits per heavy atom. The van der Waals surface area contributed by atoms with Crippen molar-refractivity contribution in [2.45, 2.75) is 20.1 Å². The fourth-order valence-corrected chi connectivity index (χ4v) is 1.56. The molecule has 0 unspecified atom stereocenters. The van der Waals surface area contributed by atoms with Gasteiger partial charge in [-0.05, 0) is 26.0 Å². The summed E-state index contributed by atoms with van der Waals surface area (Å²) in [4.78, 5) is 10.8. The Morgan fingerprint density at radius 2 is 1.89 bits per heavy atom. The molecule has 19 heavy (non-hydrogen) atoms. The lowest BCUT2D eigenvalue weighted by molar-refractivity contribution is -0.152. The van der Waals surface area contributed by atoms with E-state index in [2.05, 4.69) is 0 Å². The molecule has 1 aromatic rings. The van der Waals surface area contributed by atoms with Crippen LogP contribution in [0.3, 0.4) is 0 Å². The molecule has 1 aromatic carbocycles. The van der Waals surface area contributed by atoms with Gasteiger partial charge in [-0.1, -0.05) is 0 Å². The van der Waals surface area contributed by atoms with Crippen LogP contribution < -0.4 is 9.47 Å². The standard InChI is InChI=1S/C14H20O5/c1-4-17-14(18-5-2)10-19-12-7-6-11(9-15)13(8-12)16-3/h6-9,14H,4-5,10H2,1-3H3. The molecule has 0 amide bonds. The van der Waals surface area contributed by atoms with Crippen LogP contribution in [0.1, 0.15) is 24.2 Å². The van der Waals surface area contributed by atoms with E-state index in [1.165, 1.54) is 7.11 Å². The first-order valence-corrected chi connectivity index (χ1v) is 6.24. The SMILES string of the molecule is CCOC(COc1ccc(C=O)c(OC)c1)OCC. The van der Waals surface area contributed by atoms with Crippen LogP contribution in [0, 0.1) is 0 Å². The largest absolute Gasteiger partial charge is 0.496 e. The lowest BCUT2D eigenvalue weighted by Crippen LogP contribution is -2.25. The molecule has 0 aliphatic heterocycles. The first kappa shape index (κ1) is 15.5. The summed E-state index contributed by atoms with van der Waals surface area (Å²) in [6.07, 6.45) is 0.345. The number of benzene rings is 1. The topological polar surface area (TPSA) is 54.0 Å². The van der Waals surface area contributed by atoms with Gasteiger partial charge in [0.1, 0.15) is 18.1 Å². The molecule has 0 heterocycles. The Balaban J connectivity index is 2.63. The molecule has 0 aromatic heterocycles. The monoisotopic (exact) mass is 268 g/mol. The molecule has 5 nitrogen and oxygen atoms in total. The van der Waals surface area contributed by atoms with E-state index in [-0.39, 0.29) is 6.61 Å². The Labute approximate surface area is 113 Å². The highest BCUT2D eigenvalue weighted by Crippen LogP contribution is 2.23. The molecule has 0 atom stereocenters. The van der Waals surface area contributed by atoms with Crippen LogP contribution in [0.2, 0.25) is 0 Å². The minimum absolute atomic E-state index is 0.283. The van der Waals surface area contributed by atoms with Crippen LogP contribution in [0.15, 0.2) is 18.2 Å². The molecule has 0 radical (unpaired) electrons. The molecular weight excluding hydrogens is 248 g/mol. The molecule has 0 aliphatic carbocycles. The molecule has 1 rings (SSSR count). The second kappa shape index (κ2) is 8.50. The fourth-order valence-electron chi connectivity index (χ4n) is 1.56. The van der Waals surface area contributed by atoms with Gasteiger partial charge < -0.3 is 18.9 Å². The molecule has 0 fully saturated rings. The summed E-state index contributed by atoms with van der Waals surface area (Å²) in [6.45, 7) is 5.19. The van der Waals surface area contributed by atoms with Gasteiger partial charge in [-0.25, -0.2) is 0 Å². The quantitative estimate of drug-likeness (QED) is 0.508. The van der Waals surface area contributed by atoms with Crippen LogP contribution in [0.4, 0.5) is 0 Å². The van der Waals surface area contributed by atoms with Crippen molar-refractivity contribution in [1.29, 1.82) is 0 Å². The van der Waals surface area contributed by atoms with E-state index in [0.717, 1.165) is 6.29 Å². The van der Waals surface area contributed by atoms with E-state index in [1.54, 1.807) is 18.2 Å². The number of rotatable bonds is 9. The summed E-state index contributed by atoms with van der Waals surface area (Å²) in [7, 11) is 1.51. The van der Waals surface area contributed by atoms with Crippen molar-refractivity contribution in [3.05, 3.63) is 23.8 Å². The van der Waals surface area contributed by atoms with Crippen molar-refractivity contribution < 1.29 is 23.7 Å². The van der Waals surface area contributed by atoms with Crippen LogP contribution in [0.5, 0.6) is 11.5 Å². The van der Waals surface area contributed by atoms with Crippen molar-refractivity contribution in [2.75, 3.05) is 26.9 Å². The Hall–Kier alpha value is -1.59. The second-order valence-electron chi connectivity index (χ2n) is 3.67. The number of carbonyl (C=O) groups is 1. The maximum absolute atomic E-state index is 10.8. The van der Waals surface area contributed by atoms with Crippen LogP contribution >= 0.6 is 0 Å². The van der Waals surface area contributed by atoms with Gasteiger partial charge >= 0.3 is 0 Å². The average molecular weight is 268 g/mol. The summed E-state index contributed by atoms with van der Waals surface area (Å²) >= 11 is 0. The van der Waals surface area contributed by atoms with Crippen LogP contribution in [-0.4, -0.2) is 39.5 Å². The predicted octanol–water partition coefficient (Wildman–Crippen LogP) is 2.29. The van der Waals surface area contributed by atoms with E-state index in [1.807, 2.05) is 13.8 Å². The smallest absolute Gasteiger partial charge is 0.191 e. The van der Waals surface area contributed by atoms with Gasteiger partial charge in [0, 0.05) is 19.3 Å². The van der Waals surface area contributed by atoms with Crippen molar-refractivity contribution in [2.24, 2.45) is 0 Å². The van der Waals surface area contributed by atoms with Gasteiger partial charge in [0.2, 0.25) is 0 Å². The van der Waals surface area contributed by atoms with Crippen molar-refractivity contribution in [3.8, 4) is 11.5 Å². The summed E-state index contributed by atoms with van der Waals surface area (Å²) in [5.41, 5.74) is 0.487. The minimum Gasteiger partial charge on any atom is -0.496 e. The third-order valence-corrected chi connectivity index (χ3v) is 2.42. The van der Waals surface area contributed by atoms with E-state index in [0.29, 0.717) is 30.3 Å². The van der Waals surface area contributed by atoms with Crippen LogP contribution in [-0.2, 0) is 9.47 Å². The number of methoxy groups -OCH3 is 1. The first-order chi connectivity index (χ1) is 9.24. The third-order valence-electron chi connectivity index (χ3n) is 2.42. The van der Waals surface area contributed by atoms with E-state index in [9.17, 15) is 4.79 Å². The van der Waals surface area contributed by atoms with Gasteiger partial charge in [0.05, 0.1) is 12.7 Å². The molecule has 0 aliphatic rings. The minimum atomic E-state index is -0.397. The Kier molecular flexibility index (Phi) is 6.92. The van der Waals surface area contributed by atoms with E-state index >= 15 is 0 Å². The lowest BCUT2D eigenvalue weighted by atomic mass is 10.2. The van der Waals surface area contributed by atoms with E-state index < -0.39 is 6.29 Å². The molecule has 0 saturated heterocycles. The van der Waals surface area contributed by atoms with Gasteiger partial charge in [0.25, 0.3) is 0 Å². The summed E-state index contributed by atoms with van der Waals surface area (Å²) in [5.74, 6) is 1.09. The molecule has 0 bridgehead atoms. The van der Waals surface area contributed by atoms with Gasteiger partial charge in [0.15, 0.2) is 12.6 Å². The Morgan fingerprint density at radius 3 is 2.42 bits per heavy atom. The summed E-state index contributed by atoms with van der Waals surface area (Å²) in [6, 6.07) is 5.03. The highest BCUT2D eigenvalue weighted by atomic mass is 16.7. The molecule has 106 valence electrons. The number of carbonyl (C=O) groups excluding carboxylic acids is 1. The third kappa shape index (κ3) is 4.89. The molecule has 0 saturated carbocycles. The molecule has 0 spiro atoms. The zero-order valence-corrected chi connectivity index (χ0v) is 11.5. The zero-order chi connectivity index (χ0) is 14.1. The van der Waals surface area contributed by atoms with Crippen LogP contribution in [0.25, 0.3) is 0 Å². The fraction of sp³-hybridized carbons (Fsp3) is 0.500. The molecule has 0 N–H and O–H groups in total. The van der Waals surface area contributed by atoms with Crippen molar-refractivity contribution >= 4 is 6.29 Å². The second-order valence-corrected chi connectivity index (χ2v) is 3.67. The first-order valence-electron chi connectivity index (χ1n) is 6.24. The Bertz CT molecular complexity index is 385. The number of aldehydes is 1. The van der Waals surface area contributed by atoms with Gasteiger partial charge in [-0.2, -0.15) is 0 Å². The summed E-state index contributed by atoms with van der Waals surface area (Å²) < 4.78 is 21.4. The number of hydrogen-bond donors (Lipinski definition) is 0. The average Bonchev–Trinajstić information content (AvgIpc) is 2.44. The van der Waals surface area contributed by atoms with Crippen molar-refractivity contribution in [1.82, 2.24) is 0 Å². The highest BCUT2D eigenvalue weighted by Gasteiger charge is 2.10. The maximum Gasteiger partial charge on any atom is 0.191 e. The van der Waals surface area contributed by atoms with Gasteiger partial charge in [-0.3, -0.25) is 4.79 Å².